The predicted octanol–water partition coefficient (Wildman–Crippen LogP) is 5.57. The van der Waals surface area contributed by atoms with Crippen molar-refractivity contribution in [3.63, 3.8) is 0 Å². The van der Waals surface area contributed by atoms with E-state index in [1.54, 1.807) is 72.8 Å². The number of benzene rings is 3. The Balaban J connectivity index is 1.32. The molecule has 2 N–H and O–H groups in total. The predicted molar refractivity (Wildman–Crippen MR) is 136 cm³/mol. The molecule has 178 valence electrons. The molecule has 0 fully saturated rings. The van der Waals surface area contributed by atoms with Gasteiger partial charge in [0.15, 0.2) is 5.76 Å². The molecule has 0 saturated heterocycles. The van der Waals surface area contributed by atoms with Gasteiger partial charge in [-0.25, -0.2) is 4.79 Å². The summed E-state index contributed by atoms with van der Waals surface area (Å²) < 4.78 is 15.9. The molecule has 0 aliphatic rings. The third-order valence-electron chi connectivity index (χ3n) is 5.55. The number of carbonyl (C=O) groups is 2. The summed E-state index contributed by atoms with van der Waals surface area (Å²) in [6, 6.07) is 23.8. The first-order chi connectivity index (χ1) is 17.5. The van der Waals surface area contributed by atoms with Crippen molar-refractivity contribution in [2.75, 3.05) is 17.7 Å². The number of nitrogens with one attached hydrogen (secondary N) is 2. The summed E-state index contributed by atoms with van der Waals surface area (Å²) in [5.74, 6) is -0.234. The first-order valence-electron chi connectivity index (χ1n) is 11.0. The Morgan fingerprint density at radius 2 is 1.64 bits per heavy atom. The quantitative estimate of drug-likeness (QED) is 0.308. The van der Waals surface area contributed by atoms with Crippen molar-refractivity contribution in [1.29, 1.82) is 0 Å². The van der Waals surface area contributed by atoms with Gasteiger partial charge in [0.1, 0.15) is 11.3 Å². The number of ether oxygens (including phenoxy) is 1. The third-order valence-corrected chi connectivity index (χ3v) is 5.55. The zero-order valence-corrected chi connectivity index (χ0v) is 19.1. The first-order valence-corrected chi connectivity index (χ1v) is 11.0. The van der Waals surface area contributed by atoms with E-state index in [1.165, 1.54) is 13.4 Å². The molecule has 0 saturated carbocycles. The standard InChI is InChI=1S/C28H20N2O6/c1-34-25-16-20(12-13-22(25)30-27(32)24-7-4-14-35-24)29-26(31)18-10-8-17(9-11-18)21-15-19-5-2-3-6-23(19)36-28(21)33/h2-16H,1H3,(H,29,31)(H,30,32). The average molecular weight is 480 g/mol. The highest BCUT2D eigenvalue weighted by atomic mass is 16.5. The second-order valence-corrected chi connectivity index (χ2v) is 7.86. The highest BCUT2D eigenvalue weighted by Crippen LogP contribution is 2.29. The molecular weight excluding hydrogens is 460 g/mol. The fourth-order valence-corrected chi connectivity index (χ4v) is 3.73. The Morgan fingerprint density at radius 3 is 2.39 bits per heavy atom. The van der Waals surface area contributed by atoms with E-state index in [9.17, 15) is 14.4 Å². The lowest BCUT2D eigenvalue weighted by atomic mass is 10.0. The van der Waals surface area contributed by atoms with E-state index >= 15 is 0 Å². The molecular formula is C28H20N2O6. The minimum absolute atomic E-state index is 0.166. The van der Waals surface area contributed by atoms with Crippen molar-refractivity contribution in [3.8, 4) is 16.9 Å². The minimum Gasteiger partial charge on any atom is -0.494 e. The van der Waals surface area contributed by atoms with Gasteiger partial charge in [0, 0.05) is 22.7 Å². The van der Waals surface area contributed by atoms with E-state index in [0.29, 0.717) is 39.4 Å². The molecule has 2 aromatic heterocycles. The fraction of sp³-hybridized carbons (Fsp3) is 0.0357. The van der Waals surface area contributed by atoms with Crippen LogP contribution in [0.1, 0.15) is 20.9 Å². The molecule has 0 unspecified atom stereocenters. The Bertz CT molecular complexity index is 1620. The number of fused-ring (bicyclic) bond motifs is 1. The summed E-state index contributed by atoms with van der Waals surface area (Å²) in [6.45, 7) is 0. The number of hydrogen-bond donors (Lipinski definition) is 2. The maximum Gasteiger partial charge on any atom is 0.344 e. The third kappa shape index (κ3) is 4.60. The van der Waals surface area contributed by atoms with E-state index < -0.39 is 11.5 Å². The molecule has 0 bridgehead atoms. The summed E-state index contributed by atoms with van der Waals surface area (Å²) in [4.78, 5) is 37.5. The lowest BCUT2D eigenvalue weighted by Gasteiger charge is -2.12. The van der Waals surface area contributed by atoms with Crippen LogP contribution in [0.25, 0.3) is 22.1 Å². The Labute approximate surface area is 205 Å². The van der Waals surface area contributed by atoms with E-state index in [4.69, 9.17) is 13.6 Å². The SMILES string of the molecule is COc1cc(NC(=O)c2ccc(-c3cc4ccccc4oc3=O)cc2)ccc1NC(=O)c1ccco1. The maximum atomic E-state index is 12.8. The van der Waals surface area contributed by atoms with Crippen LogP contribution >= 0.6 is 0 Å². The molecule has 0 atom stereocenters. The molecule has 2 heterocycles. The molecule has 5 aromatic rings. The van der Waals surface area contributed by atoms with Gasteiger partial charge >= 0.3 is 5.63 Å². The van der Waals surface area contributed by atoms with Crippen LogP contribution in [0.3, 0.4) is 0 Å². The van der Waals surface area contributed by atoms with Crippen LogP contribution in [-0.4, -0.2) is 18.9 Å². The molecule has 0 spiro atoms. The zero-order valence-electron chi connectivity index (χ0n) is 19.1. The lowest BCUT2D eigenvalue weighted by Crippen LogP contribution is -2.14. The smallest absolute Gasteiger partial charge is 0.344 e. The van der Waals surface area contributed by atoms with E-state index in [-0.39, 0.29) is 11.7 Å². The minimum atomic E-state index is -0.447. The second kappa shape index (κ2) is 9.63. The van der Waals surface area contributed by atoms with Gasteiger partial charge in [0.2, 0.25) is 0 Å². The highest BCUT2D eigenvalue weighted by molar-refractivity contribution is 6.06. The molecule has 8 nitrogen and oxygen atoms in total. The number of furan rings is 1. The van der Waals surface area contributed by atoms with Crippen LogP contribution < -0.4 is 21.0 Å². The van der Waals surface area contributed by atoms with Gasteiger partial charge in [-0.3, -0.25) is 9.59 Å². The number of anilines is 2. The molecule has 3 aromatic carbocycles. The van der Waals surface area contributed by atoms with Gasteiger partial charge < -0.3 is 24.2 Å². The Kier molecular flexibility index (Phi) is 6.07. The molecule has 0 radical (unpaired) electrons. The normalized spacial score (nSPS) is 10.7. The number of hydrogen-bond acceptors (Lipinski definition) is 6. The summed E-state index contributed by atoms with van der Waals surface area (Å²) in [5.41, 5.74) is 2.43. The highest BCUT2D eigenvalue weighted by Gasteiger charge is 2.14. The molecule has 0 aliphatic heterocycles. The summed E-state index contributed by atoms with van der Waals surface area (Å²) in [7, 11) is 1.46. The topological polar surface area (TPSA) is 111 Å². The Morgan fingerprint density at radius 1 is 0.833 bits per heavy atom. The molecule has 8 heteroatoms. The number of rotatable bonds is 6. The van der Waals surface area contributed by atoms with E-state index in [0.717, 1.165) is 5.39 Å². The largest absolute Gasteiger partial charge is 0.494 e. The monoisotopic (exact) mass is 480 g/mol. The molecule has 5 rings (SSSR count). The van der Waals surface area contributed by atoms with Crippen LogP contribution in [0.2, 0.25) is 0 Å². The zero-order chi connectivity index (χ0) is 25.1. The van der Waals surface area contributed by atoms with Crippen molar-refractivity contribution in [3.05, 3.63) is 113 Å². The van der Waals surface area contributed by atoms with Crippen LogP contribution in [-0.2, 0) is 0 Å². The first kappa shape index (κ1) is 22.7. The number of para-hydroxylation sites is 1. The number of methoxy groups -OCH3 is 1. The van der Waals surface area contributed by atoms with E-state index in [2.05, 4.69) is 10.6 Å². The van der Waals surface area contributed by atoms with Gasteiger partial charge in [-0.05, 0) is 54.1 Å². The lowest BCUT2D eigenvalue weighted by molar-refractivity contribution is 0.0994. The van der Waals surface area contributed by atoms with Gasteiger partial charge in [-0.1, -0.05) is 30.3 Å². The van der Waals surface area contributed by atoms with Crippen molar-refractivity contribution < 1.29 is 23.2 Å². The van der Waals surface area contributed by atoms with Crippen LogP contribution in [0.15, 0.2) is 105 Å². The van der Waals surface area contributed by atoms with Gasteiger partial charge in [0.25, 0.3) is 11.8 Å². The maximum absolute atomic E-state index is 12.8. The molecule has 2 amide bonds. The summed E-state index contributed by atoms with van der Waals surface area (Å²) in [6.07, 6.45) is 1.41. The van der Waals surface area contributed by atoms with Gasteiger partial charge in [-0.15, -0.1) is 0 Å². The summed E-state index contributed by atoms with van der Waals surface area (Å²) in [5, 5.41) is 6.33. The van der Waals surface area contributed by atoms with Gasteiger partial charge in [-0.2, -0.15) is 0 Å². The van der Waals surface area contributed by atoms with Crippen molar-refractivity contribution in [1.82, 2.24) is 0 Å². The van der Waals surface area contributed by atoms with Crippen molar-refractivity contribution in [2.24, 2.45) is 0 Å². The van der Waals surface area contributed by atoms with Crippen LogP contribution in [0.4, 0.5) is 11.4 Å². The number of amides is 2. The number of carbonyl (C=O) groups excluding carboxylic acids is 2. The average Bonchev–Trinajstić information content (AvgIpc) is 3.44. The Hall–Kier alpha value is -5.11. The van der Waals surface area contributed by atoms with Crippen molar-refractivity contribution >= 4 is 34.2 Å². The fourth-order valence-electron chi connectivity index (χ4n) is 3.73. The van der Waals surface area contributed by atoms with Crippen LogP contribution in [0.5, 0.6) is 5.75 Å². The van der Waals surface area contributed by atoms with E-state index in [1.807, 2.05) is 12.1 Å². The van der Waals surface area contributed by atoms with Gasteiger partial charge in [0.05, 0.1) is 24.6 Å². The second-order valence-electron chi connectivity index (χ2n) is 7.86. The van der Waals surface area contributed by atoms with Crippen molar-refractivity contribution in [2.45, 2.75) is 0 Å². The molecule has 0 aliphatic carbocycles. The molecule has 36 heavy (non-hydrogen) atoms. The van der Waals surface area contributed by atoms with Crippen LogP contribution in [0, 0.1) is 0 Å². The summed E-state index contributed by atoms with van der Waals surface area (Å²) >= 11 is 0.